The summed E-state index contributed by atoms with van der Waals surface area (Å²) in [5.74, 6) is 0.260. The first kappa shape index (κ1) is 20.6. The van der Waals surface area contributed by atoms with Crippen molar-refractivity contribution in [3.63, 3.8) is 0 Å². The maximum Gasteiger partial charge on any atom is 0.225 e. The summed E-state index contributed by atoms with van der Waals surface area (Å²) in [4.78, 5) is 30.0. The number of carbonyl (C=O) groups excluding carboxylic acids is 2. The van der Waals surface area contributed by atoms with Gasteiger partial charge in [-0.15, -0.1) is 0 Å². The van der Waals surface area contributed by atoms with Gasteiger partial charge in [0.05, 0.1) is 12.1 Å². The number of hydrogen-bond donors (Lipinski definition) is 0. The summed E-state index contributed by atoms with van der Waals surface area (Å²) >= 11 is 0. The van der Waals surface area contributed by atoms with Crippen LogP contribution in [0.2, 0.25) is 0 Å². The molecule has 0 aromatic heterocycles. The number of nitrogens with zero attached hydrogens (tertiary/aromatic N) is 2. The van der Waals surface area contributed by atoms with Crippen molar-refractivity contribution in [1.29, 1.82) is 0 Å². The zero-order valence-electron chi connectivity index (χ0n) is 17.5. The van der Waals surface area contributed by atoms with E-state index in [0.717, 1.165) is 24.8 Å². The molecule has 2 amide bonds. The molecule has 4 rings (SSSR count). The van der Waals surface area contributed by atoms with Crippen molar-refractivity contribution >= 4 is 11.8 Å². The van der Waals surface area contributed by atoms with Gasteiger partial charge >= 0.3 is 0 Å². The van der Waals surface area contributed by atoms with E-state index in [9.17, 15) is 9.59 Å². The molecule has 2 aromatic rings. The van der Waals surface area contributed by atoms with E-state index in [0.29, 0.717) is 45.7 Å². The van der Waals surface area contributed by atoms with E-state index in [1.54, 1.807) is 0 Å². The van der Waals surface area contributed by atoms with Crippen LogP contribution in [-0.2, 0) is 27.3 Å². The van der Waals surface area contributed by atoms with E-state index in [2.05, 4.69) is 12.1 Å². The lowest BCUT2D eigenvalue weighted by atomic mass is 9.94. The van der Waals surface area contributed by atoms with Crippen molar-refractivity contribution < 1.29 is 14.3 Å². The Morgan fingerprint density at radius 2 is 1.70 bits per heavy atom. The van der Waals surface area contributed by atoms with Crippen LogP contribution in [0, 0.1) is 0 Å². The van der Waals surface area contributed by atoms with Gasteiger partial charge in [0.25, 0.3) is 0 Å². The van der Waals surface area contributed by atoms with E-state index in [-0.39, 0.29) is 11.8 Å². The molecule has 0 bridgehead atoms. The molecular formula is C25H30N2O3. The highest BCUT2D eigenvalue weighted by Gasteiger charge is 2.46. The fraction of sp³-hybridized carbons (Fsp3) is 0.440. The predicted molar refractivity (Wildman–Crippen MR) is 116 cm³/mol. The van der Waals surface area contributed by atoms with Gasteiger partial charge in [-0.3, -0.25) is 9.59 Å². The van der Waals surface area contributed by atoms with Crippen LogP contribution in [-0.4, -0.2) is 53.5 Å². The third-order valence-electron chi connectivity index (χ3n) is 6.27. The maximum absolute atomic E-state index is 13.1. The van der Waals surface area contributed by atoms with E-state index in [1.807, 2.05) is 58.3 Å². The lowest BCUT2D eigenvalue weighted by Gasteiger charge is -2.40. The zero-order valence-corrected chi connectivity index (χ0v) is 17.5. The molecule has 30 heavy (non-hydrogen) atoms. The molecule has 0 saturated carbocycles. The van der Waals surface area contributed by atoms with E-state index >= 15 is 0 Å². The highest BCUT2D eigenvalue weighted by Crippen LogP contribution is 2.32. The number of hydrogen-bond acceptors (Lipinski definition) is 3. The Balaban J connectivity index is 1.43. The lowest BCUT2D eigenvalue weighted by molar-refractivity contribution is -0.138. The van der Waals surface area contributed by atoms with Gasteiger partial charge in [-0.1, -0.05) is 60.7 Å². The molecule has 1 spiro atoms. The average molecular weight is 407 g/mol. The molecule has 0 aliphatic carbocycles. The summed E-state index contributed by atoms with van der Waals surface area (Å²) in [7, 11) is 0. The van der Waals surface area contributed by atoms with Crippen LogP contribution in [0.3, 0.4) is 0 Å². The Bertz CT molecular complexity index is 847. The van der Waals surface area contributed by atoms with Crippen LogP contribution in [0.5, 0.6) is 0 Å². The fourth-order valence-corrected chi connectivity index (χ4v) is 4.57. The first-order valence-electron chi connectivity index (χ1n) is 10.9. The normalized spacial score (nSPS) is 21.8. The number of carbonyl (C=O) groups is 2. The van der Waals surface area contributed by atoms with Crippen molar-refractivity contribution in [2.75, 3.05) is 26.3 Å². The molecule has 2 aromatic carbocycles. The minimum absolute atomic E-state index is 0.115. The summed E-state index contributed by atoms with van der Waals surface area (Å²) in [6.07, 6.45) is 3.38. The molecule has 1 unspecified atom stereocenters. The van der Waals surface area contributed by atoms with Crippen LogP contribution in [0.1, 0.15) is 36.8 Å². The molecule has 5 nitrogen and oxygen atoms in total. The Kier molecular flexibility index (Phi) is 6.48. The number of ether oxygens (including phenoxy) is 1. The minimum Gasteiger partial charge on any atom is -0.379 e. The molecule has 1 atom stereocenters. The molecule has 0 N–H and O–H groups in total. The Labute approximate surface area is 178 Å². The van der Waals surface area contributed by atoms with Gasteiger partial charge in [0, 0.05) is 39.1 Å². The zero-order chi connectivity index (χ0) is 20.8. The standard InChI is InChI=1S/C25H30N2O3/c28-23(13-7-12-21-8-3-1-4-9-21)26-16-14-24(29)27(18-22-10-5-2-6-11-22)25(19-26)15-17-30-20-25/h1-6,8-11H,7,12-20H2. The van der Waals surface area contributed by atoms with Crippen LogP contribution >= 0.6 is 0 Å². The SMILES string of the molecule is O=C(CCCc1ccccc1)N1CCC(=O)N(Cc2ccccc2)C2(CCOC2)C1. The largest absolute Gasteiger partial charge is 0.379 e. The number of amides is 2. The Morgan fingerprint density at radius 3 is 2.37 bits per heavy atom. The molecule has 2 heterocycles. The quantitative estimate of drug-likeness (QED) is 0.739. The third kappa shape index (κ3) is 4.73. The molecule has 2 aliphatic heterocycles. The lowest BCUT2D eigenvalue weighted by Crippen LogP contribution is -2.56. The molecule has 0 radical (unpaired) electrons. The van der Waals surface area contributed by atoms with Crippen LogP contribution in [0.4, 0.5) is 0 Å². The summed E-state index contributed by atoms with van der Waals surface area (Å²) < 4.78 is 5.74. The average Bonchev–Trinajstić information content (AvgIpc) is 3.20. The molecule has 2 fully saturated rings. The van der Waals surface area contributed by atoms with E-state index in [4.69, 9.17) is 4.74 Å². The van der Waals surface area contributed by atoms with Gasteiger partial charge in [-0.2, -0.15) is 0 Å². The smallest absolute Gasteiger partial charge is 0.225 e. The second-order valence-electron chi connectivity index (χ2n) is 8.40. The second-order valence-corrected chi connectivity index (χ2v) is 8.40. The highest BCUT2D eigenvalue weighted by atomic mass is 16.5. The monoisotopic (exact) mass is 406 g/mol. The number of aryl methyl sites for hydroxylation is 1. The van der Waals surface area contributed by atoms with Crippen molar-refractivity contribution in [3.05, 3.63) is 71.8 Å². The molecule has 2 aliphatic rings. The fourth-order valence-electron chi connectivity index (χ4n) is 4.57. The first-order chi connectivity index (χ1) is 14.7. The Morgan fingerprint density at radius 1 is 1.00 bits per heavy atom. The summed E-state index contributed by atoms with van der Waals surface area (Å²) in [6.45, 7) is 2.76. The predicted octanol–water partition coefficient (Wildman–Crippen LogP) is 3.43. The van der Waals surface area contributed by atoms with Gasteiger partial charge < -0.3 is 14.5 Å². The summed E-state index contributed by atoms with van der Waals surface area (Å²) in [6, 6.07) is 20.3. The van der Waals surface area contributed by atoms with E-state index in [1.165, 1.54) is 5.56 Å². The van der Waals surface area contributed by atoms with Crippen molar-refractivity contribution in [1.82, 2.24) is 9.80 Å². The molecule has 158 valence electrons. The third-order valence-corrected chi connectivity index (χ3v) is 6.27. The van der Waals surface area contributed by atoms with Crippen LogP contribution < -0.4 is 0 Å². The van der Waals surface area contributed by atoms with Crippen molar-refractivity contribution in [3.8, 4) is 0 Å². The van der Waals surface area contributed by atoms with E-state index < -0.39 is 5.54 Å². The Hall–Kier alpha value is -2.66. The van der Waals surface area contributed by atoms with Gasteiger partial charge in [0.2, 0.25) is 11.8 Å². The molecule has 2 saturated heterocycles. The first-order valence-corrected chi connectivity index (χ1v) is 10.9. The highest BCUT2D eigenvalue weighted by molar-refractivity contribution is 5.81. The van der Waals surface area contributed by atoms with Gasteiger partial charge in [0.1, 0.15) is 0 Å². The maximum atomic E-state index is 13.1. The number of benzene rings is 2. The number of rotatable bonds is 6. The minimum atomic E-state index is -0.418. The van der Waals surface area contributed by atoms with Gasteiger partial charge in [0.15, 0.2) is 0 Å². The molecular weight excluding hydrogens is 376 g/mol. The van der Waals surface area contributed by atoms with Gasteiger partial charge in [-0.05, 0) is 30.4 Å². The summed E-state index contributed by atoms with van der Waals surface area (Å²) in [5, 5.41) is 0. The van der Waals surface area contributed by atoms with Gasteiger partial charge in [-0.25, -0.2) is 0 Å². The summed E-state index contributed by atoms with van der Waals surface area (Å²) in [5.41, 5.74) is 1.95. The van der Waals surface area contributed by atoms with Crippen LogP contribution in [0.25, 0.3) is 0 Å². The van der Waals surface area contributed by atoms with Crippen LogP contribution in [0.15, 0.2) is 60.7 Å². The topological polar surface area (TPSA) is 49.9 Å². The van der Waals surface area contributed by atoms with Crippen molar-refractivity contribution in [2.24, 2.45) is 0 Å². The van der Waals surface area contributed by atoms with Crippen molar-refractivity contribution in [2.45, 2.75) is 44.2 Å². The second kappa shape index (κ2) is 9.43. The molecule has 5 heteroatoms.